The molecule has 1 rings (SSSR count). The number of esters is 1. The van der Waals surface area contributed by atoms with Gasteiger partial charge >= 0.3 is 17.8 Å². The van der Waals surface area contributed by atoms with Crippen LogP contribution in [-0.2, 0) is 19.4 Å². The van der Waals surface area contributed by atoms with E-state index >= 15 is 0 Å². The molecular weight excluding hydrogens is 362 g/mol. The van der Waals surface area contributed by atoms with Crippen molar-refractivity contribution < 1.29 is 36.3 Å². The topological polar surface area (TPSA) is 119 Å². The average molecular weight is 378 g/mol. The second kappa shape index (κ2) is 9.06. The number of imide groups is 1. The van der Waals surface area contributed by atoms with Crippen LogP contribution in [0.1, 0.15) is 23.7 Å². The maximum atomic E-state index is 12.4. The maximum Gasteiger partial charge on any atom is 0.341 e. The van der Waals surface area contributed by atoms with Gasteiger partial charge in [-0.05, 0) is 30.7 Å². The number of rotatable bonds is 7. The first-order chi connectivity index (χ1) is 11.7. The fourth-order valence-electron chi connectivity index (χ4n) is 1.54. The lowest BCUT2D eigenvalue weighted by molar-refractivity contribution is -0.123. The summed E-state index contributed by atoms with van der Waals surface area (Å²) in [6, 6.07) is 2.88. The van der Waals surface area contributed by atoms with Gasteiger partial charge in [0.05, 0.1) is 10.5 Å². The maximum absolute atomic E-state index is 12.4. The highest BCUT2D eigenvalue weighted by molar-refractivity contribution is 7.91. The second-order valence-electron chi connectivity index (χ2n) is 4.71. The lowest BCUT2D eigenvalue weighted by Gasteiger charge is -2.07. The van der Waals surface area contributed by atoms with Crippen molar-refractivity contribution in [3.05, 3.63) is 29.8 Å². The highest BCUT2D eigenvalue weighted by atomic mass is 32.2. The number of nitrogens with one attached hydrogen (secondary N) is 2. The minimum atomic E-state index is -4.76. The number of benzene rings is 1. The van der Waals surface area contributed by atoms with Gasteiger partial charge < -0.3 is 10.1 Å². The molecule has 138 valence electrons. The number of alkyl halides is 2. The SMILES string of the molecule is CCCNC(=O)NC(=O)COC(=O)c1ccc(S(=O)(=O)C(F)F)cc1. The molecule has 0 atom stereocenters. The zero-order valence-electron chi connectivity index (χ0n) is 13.1. The molecule has 3 amide bonds. The van der Waals surface area contributed by atoms with E-state index in [1.165, 1.54) is 0 Å². The molecule has 1 aromatic carbocycles. The lowest BCUT2D eigenvalue weighted by atomic mass is 10.2. The molecule has 0 aliphatic heterocycles. The summed E-state index contributed by atoms with van der Waals surface area (Å²) in [6.45, 7) is 1.45. The molecule has 25 heavy (non-hydrogen) atoms. The zero-order chi connectivity index (χ0) is 19.0. The largest absolute Gasteiger partial charge is 0.452 e. The Balaban J connectivity index is 2.58. The van der Waals surface area contributed by atoms with Crippen LogP contribution in [-0.4, -0.2) is 45.2 Å². The van der Waals surface area contributed by atoms with E-state index in [-0.39, 0.29) is 5.56 Å². The van der Waals surface area contributed by atoms with Crippen molar-refractivity contribution in [2.75, 3.05) is 13.2 Å². The Kier molecular flexibility index (Phi) is 7.43. The van der Waals surface area contributed by atoms with Crippen molar-refractivity contribution in [3.8, 4) is 0 Å². The summed E-state index contributed by atoms with van der Waals surface area (Å²) in [5.41, 5.74) is -0.142. The highest BCUT2D eigenvalue weighted by Crippen LogP contribution is 2.18. The van der Waals surface area contributed by atoms with Crippen LogP contribution in [0.15, 0.2) is 29.2 Å². The van der Waals surface area contributed by atoms with Crippen LogP contribution in [0.3, 0.4) is 0 Å². The van der Waals surface area contributed by atoms with Crippen molar-refractivity contribution in [2.45, 2.75) is 24.0 Å². The van der Waals surface area contributed by atoms with Gasteiger partial charge in [-0.2, -0.15) is 8.78 Å². The predicted octanol–water partition coefficient (Wildman–Crippen LogP) is 1.08. The molecule has 0 unspecified atom stereocenters. The Morgan fingerprint density at radius 1 is 1.16 bits per heavy atom. The molecule has 0 fully saturated rings. The molecule has 0 saturated carbocycles. The normalized spacial score (nSPS) is 11.0. The fraction of sp³-hybridized carbons (Fsp3) is 0.357. The number of ether oxygens (including phenoxy) is 1. The predicted molar refractivity (Wildman–Crippen MR) is 81.7 cm³/mol. The van der Waals surface area contributed by atoms with Crippen molar-refractivity contribution in [1.82, 2.24) is 10.6 Å². The van der Waals surface area contributed by atoms with Gasteiger partial charge in [-0.15, -0.1) is 0 Å². The van der Waals surface area contributed by atoms with Crippen LogP contribution in [0.5, 0.6) is 0 Å². The number of sulfone groups is 1. The van der Waals surface area contributed by atoms with Crippen molar-refractivity contribution in [1.29, 1.82) is 0 Å². The third kappa shape index (κ3) is 6.10. The van der Waals surface area contributed by atoms with E-state index in [2.05, 4.69) is 10.1 Å². The summed E-state index contributed by atoms with van der Waals surface area (Å²) >= 11 is 0. The molecular formula is C14H16F2N2O6S. The molecule has 0 aromatic heterocycles. The minimum Gasteiger partial charge on any atom is -0.452 e. The first-order valence-corrected chi connectivity index (χ1v) is 8.60. The summed E-state index contributed by atoms with van der Waals surface area (Å²) in [6.07, 6.45) is 0.674. The van der Waals surface area contributed by atoms with Gasteiger partial charge in [-0.1, -0.05) is 6.92 Å². The molecule has 0 heterocycles. The Labute approximate surface area is 142 Å². The second-order valence-corrected chi connectivity index (χ2v) is 6.63. The molecule has 0 aliphatic rings. The number of amides is 3. The third-order valence-corrected chi connectivity index (χ3v) is 4.17. The molecule has 11 heteroatoms. The van der Waals surface area contributed by atoms with Gasteiger partial charge in [0.2, 0.25) is 9.84 Å². The summed E-state index contributed by atoms with van der Waals surface area (Å²) in [5.74, 6) is -5.42. The molecule has 0 bridgehead atoms. The first-order valence-electron chi connectivity index (χ1n) is 7.05. The van der Waals surface area contributed by atoms with E-state index in [1.807, 2.05) is 12.2 Å². The van der Waals surface area contributed by atoms with Crippen LogP contribution in [0.4, 0.5) is 13.6 Å². The Morgan fingerprint density at radius 2 is 1.76 bits per heavy atom. The molecule has 0 radical (unpaired) electrons. The number of carbonyl (C=O) groups is 3. The van der Waals surface area contributed by atoms with Gasteiger partial charge in [0.25, 0.3) is 5.91 Å². The number of hydrogen-bond donors (Lipinski definition) is 2. The first kappa shape index (κ1) is 20.5. The Hall–Kier alpha value is -2.56. The molecule has 0 aliphatic carbocycles. The molecule has 0 spiro atoms. The van der Waals surface area contributed by atoms with Gasteiger partial charge in [0.1, 0.15) is 0 Å². The lowest BCUT2D eigenvalue weighted by Crippen LogP contribution is -2.41. The Morgan fingerprint density at radius 3 is 2.28 bits per heavy atom. The van der Waals surface area contributed by atoms with Gasteiger partial charge in [0, 0.05) is 6.54 Å². The quantitative estimate of drug-likeness (QED) is 0.685. The monoisotopic (exact) mass is 378 g/mol. The van der Waals surface area contributed by atoms with E-state index in [1.54, 1.807) is 0 Å². The molecule has 2 N–H and O–H groups in total. The van der Waals surface area contributed by atoms with Crippen molar-refractivity contribution >= 4 is 27.7 Å². The van der Waals surface area contributed by atoms with Crippen LogP contribution in [0.2, 0.25) is 0 Å². The highest BCUT2D eigenvalue weighted by Gasteiger charge is 2.26. The van der Waals surface area contributed by atoms with Crippen molar-refractivity contribution in [2.24, 2.45) is 0 Å². The number of carbonyl (C=O) groups excluding carboxylic acids is 3. The number of halogens is 2. The summed E-state index contributed by atoms with van der Waals surface area (Å²) in [5, 5.41) is 4.32. The van der Waals surface area contributed by atoms with E-state index in [0.717, 1.165) is 24.3 Å². The van der Waals surface area contributed by atoms with Gasteiger partial charge in [-0.25, -0.2) is 18.0 Å². The molecule has 0 saturated heterocycles. The van der Waals surface area contributed by atoms with Crippen LogP contribution < -0.4 is 10.6 Å². The smallest absolute Gasteiger partial charge is 0.341 e. The van der Waals surface area contributed by atoms with E-state index < -0.39 is 45.0 Å². The summed E-state index contributed by atoms with van der Waals surface area (Å²) in [7, 11) is -4.76. The zero-order valence-corrected chi connectivity index (χ0v) is 13.9. The van der Waals surface area contributed by atoms with E-state index in [4.69, 9.17) is 0 Å². The summed E-state index contributed by atoms with van der Waals surface area (Å²) < 4.78 is 51.9. The van der Waals surface area contributed by atoms with E-state index in [0.29, 0.717) is 13.0 Å². The van der Waals surface area contributed by atoms with Crippen LogP contribution in [0.25, 0.3) is 0 Å². The van der Waals surface area contributed by atoms with Crippen molar-refractivity contribution in [3.63, 3.8) is 0 Å². The minimum absolute atomic E-state index is 0.142. The number of urea groups is 1. The van der Waals surface area contributed by atoms with Gasteiger partial charge in [0.15, 0.2) is 6.61 Å². The standard InChI is InChI=1S/C14H16F2N2O6S/c1-2-7-17-14(21)18-11(19)8-24-12(20)9-3-5-10(6-4-9)25(22,23)13(15)16/h3-6,13H,2,7-8H2,1H3,(H2,17,18,19,21). The van der Waals surface area contributed by atoms with Crippen LogP contribution >= 0.6 is 0 Å². The average Bonchev–Trinajstić information content (AvgIpc) is 2.57. The third-order valence-electron chi connectivity index (χ3n) is 2.78. The van der Waals surface area contributed by atoms with Gasteiger partial charge in [-0.3, -0.25) is 10.1 Å². The molecule has 8 nitrogen and oxygen atoms in total. The Bertz CT molecular complexity index is 734. The summed E-state index contributed by atoms with van der Waals surface area (Å²) in [4.78, 5) is 33.7. The molecule has 1 aromatic rings. The van der Waals surface area contributed by atoms with Crippen LogP contribution in [0, 0.1) is 0 Å². The fourth-order valence-corrected chi connectivity index (χ4v) is 2.26. The van der Waals surface area contributed by atoms with E-state index in [9.17, 15) is 31.6 Å². The number of hydrogen-bond acceptors (Lipinski definition) is 6.